The third-order valence-corrected chi connectivity index (χ3v) is 2.85. The highest BCUT2D eigenvalue weighted by Gasteiger charge is 2.18. The molecule has 19 heavy (non-hydrogen) atoms. The topological polar surface area (TPSA) is 81.2 Å². The number of nitro benzene ring substituents is 1. The van der Waals surface area contributed by atoms with Crippen molar-refractivity contribution < 1.29 is 9.34 Å². The van der Waals surface area contributed by atoms with E-state index in [1.807, 2.05) is 6.92 Å². The summed E-state index contributed by atoms with van der Waals surface area (Å²) in [5, 5.41) is 13.9. The van der Waals surface area contributed by atoms with Gasteiger partial charge >= 0.3 is 5.69 Å². The van der Waals surface area contributed by atoms with E-state index in [1.54, 1.807) is 18.3 Å². The van der Waals surface area contributed by atoms with Gasteiger partial charge in [0.05, 0.1) is 17.7 Å². The molecule has 0 radical (unpaired) electrons. The number of nitro groups is 1. The Bertz CT molecular complexity index is 598. The quantitative estimate of drug-likeness (QED) is 0.671. The number of aryl methyl sites for hydroxylation is 1. The Morgan fingerprint density at radius 3 is 2.95 bits per heavy atom. The zero-order valence-electron chi connectivity index (χ0n) is 10.2. The van der Waals surface area contributed by atoms with Crippen molar-refractivity contribution in [2.45, 2.75) is 19.9 Å². The molecule has 0 saturated carbocycles. The van der Waals surface area contributed by atoms with E-state index < -0.39 is 4.92 Å². The normalized spacial score (nSPS) is 10.4. The summed E-state index contributed by atoms with van der Waals surface area (Å²) in [6.45, 7) is 2.22. The summed E-state index contributed by atoms with van der Waals surface area (Å²) in [5.41, 5.74) is 0.195. The molecule has 0 fully saturated rings. The first-order chi connectivity index (χ1) is 9.11. The lowest BCUT2D eigenvalue weighted by Crippen LogP contribution is -2.03. The van der Waals surface area contributed by atoms with Crippen molar-refractivity contribution in [3.8, 4) is 0 Å². The molecule has 0 atom stereocenters. The Kier molecular flexibility index (Phi) is 4.01. The zero-order valence-corrected chi connectivity index (χ0v) is 11.0. The molecule has 2 rings (SSSR count). The first kappa shape index (κ1) is 13.4. The fraction of sp³-hybridized carbons (Fsp3) is 0.250. The predicted molar refractivity (Wildman–Crippen MR) is 71.3 cm³/mol. The van der Waals surface area contributed by atoms with E-state index in [4.69, 9.17) is 16.0 Å². The van der Waals surface area contributed by atoms with Gasteiger partial charge < -0.3 is 9.73 Å². The van der Waals surface area contributed by atoms with Crippen molar-refractivity contribution in [3.63, 3.8) is 0 Å². The molecule has 100 valence electrons. The third-order valence-electron chi connectivity index (χ3n) is 2.55. The Balaban J connectivity index is 2.15. The van der Waals surface area contributed by atoms with Gasteiger partial charge in [0.2, 0.25) is 5.89 Å². The number of hydrogen-bond acceptors (Lipinski definition) is 5. The Morgan fingerprint density at radius 2 is 2.32 bits per heavy atom. The molecular weight excluding hydrogens is 270 g/mol. The van der Waals surface area contributed by atoms with Crippen molar-refractivity contribution >= 4 is 23.0 Å². The highest BCUT2D eigenvalue weighted by Crippen LogP contribution is 2.32. The van der Waals surface area contributed by atoms with E-state index in [0.717, 1.165) is 12.2 Å². The number of benzene rings is 1. The monoisotopic (exact) mass is 281 g/mol. The second-order valence-corrected chi connectivity index (χ2v) is 4.23. The lowest BCUT2D eigenvalue weighted by atomic mass is 10.2. The third kappa shape index (κ3) is 3.03. The van der Waals surface area contributed by atoms with E-state index in [-0.39, 0.29) is 17.3 Å². The second-order valence-electron chi connectivity index (χ2n) is 3.82. The van der Waals surface area contributed by atoms with Gasteiger partial charge in [-0.3, -0.25) is 10.1 Å². The molecule has 1 heterocycles. The molecule has 0 unspecified atom stereocenters. The fourth-order valence-corrected chi connectivity index (χ4v) is 1.85. The van der Waals surface area contributed by atoms with Crippen LogP contribution in [0.4, 0.5) is 11.4 Å². The molecule has 0 amide bonds. The van der Waals surface area contributed by atoms with E-state index in [0.29, 0.717) is 11.6 Å². The molecule has 0 saturated heterocycles. The summed E-state index contributed by atoms with van der Waals surface area (Å²) in [6.07, 6.45) is 2.40. The lowest BCUT2D eigenvalue weighted by Gasteiger charge is -2.05. The second kappa shape index (κ2) is 5.71. The summed E-state index contributed by atoms with van der Waals surface area (Å²) in [4.78, 5) is 14.5. The number of hydrogen-bond donors (Lipinski definition) is 1. The number of para-hydroxylation sites is 1. The molecule has 1 N–H and O–H groups in total. The minimum atomic E-state index is -0.516. The number of oxazole rings is 1. The SMILES string of the molecule is CCc1cnc(CNc2cccc(Cl)c2[N+](=O)[O-])o1. The predicted octanol–water partition coefficient (Wildman–Crippen LogP) is 3.41. The minimum absolute atomic E-state index is 0.0941. The van der Waals surface area contributed by atoms with Crippen molar-refractivity contribution in [1.82, 2.24) is 4.98 Å². The molecule has 0 aliphatic carbocycles. The highest BCUT2D eigenvalue weighted by atomic mass is 35.5. The molecule has 0 aliphatic rings. The summed E-state index contributed by atoms with van der Waals surface area (Å²) in [7, 11) is 0. The van der Waals surface area contributed by atoms with E-state index >= 15 is 0 Å². The molecule has 0 bridgehead atoms. The summed E-state index contributed by atoms with van der Waals surface area (Å²) in [5.74, 6) is 1.25. The number of anilines is 1. The molecule has 1 aromatic carbocycles. The largest absolute Gasteiger partial charge is 0.444 e. The molecule has 7 heteroatoms. The van der Waals surface area contributed by atoms with Crippen molar-refractivity contribution in [2.75, 3.05) is 5.32 Å². The molecule has 0 spiro atoms. The van der Waals surface area contributed by atoms with Crippen LogP contribution in [0.15, 0.2) is 28.8 Å². The van der Waals surface area contributed by atoms with Gasteiger partial charge in [-0.25, -0.2) is 4.98 Å². The average Bonchev–Trinajstić information content (AvgIpc) is 2.83. The van der Waals surface area contributed by atoms with Gasteiger partial charge in [-0.15, -0.1) is 0 Å². The Hall–Kier alpha value is -2.08. The van der Waals surface area contributed by atoms with Gasteiger partial charge in [0, 0.05) is 6.42 Å². The first-order valence-electron chi connectivity index (χ1n) is 5.72. The summed E-state index contributed by atoms with van der Waals surface area (Å²) in [6, 6.07) is 4.71. The maximum absolute atomic E-state index is 10.9. The van der Waals surface area contributed by atoms with Gasteiger partial charge in [-0.1, -0.05) is 24.6 Å². The van der Waals surface area contributed by atoms with Crippen LogP contribution < -0.4 is 5.32 Å². The van der Waals surface area contributed by atoms with Crippen molar-refractivity contribution in [3.05, 3.63) is 51.2 Å². The van der Waals surface area contributed by atoms with Crippen molar-refractivity contribution in [2.24, 2.45) is 0 Å². The van der Waals surface area contributed by atoms with Crippen LogP contribution >= 0.6 is 11.6 Å². The van der Waals surface area contributed by atoms with Crippen LogP contribution in [0.3, 0.4) is 0 Å². The molecule has 1 aromatic heterocycles. The van der Waals surface area contributed by atoms with E-state index in [1.165, 1.54) is 6.07 Å². The van der Waals surface area contributed by atoms with Crippen LogP contribution in [0.1, 0.15) is 18.6 Å². The van der Waals surface area contributed by atoms with E-state index in [9.17, 15) is 10.1 Å². The van der Waals surface area contributed by atoms with Crippen LogP contribution in [-0.2, 0) is 13.0 Å². The van der Waals surface area contributed by atoms with Crippen LogP contribution in [0.25, 0.3) is 0 Å². The minimum Gasteiger partial charge on any atom is -0.444 e. The maximum Gasteiger partial charge on any atom is 0.310 e. The smallest absolute Gasteiger partial charge is 0.310 e. The average molecular weight is 282 g/mol. The number of halogens is 1. The molecular formula is C12H12ClN3O3. The van der Waals surface area contributed by atoms with Crippen molar-refractivity contribution in [1.29, 1.82) is 0 Å². The van der Waals surface area contributed by atoms with Gasteiger partial charge in [-0.2, -0.15) is 0 Å². The van der Waals surface area contributed by atoms with Gasteiger partial charge in [-0.05, 0) is 12.1 Å². The number of nitrogens with one attached hydrogen (secondary N) is 1. The van der Waals surface area contributed by atoms with Gasteiger partial charge in [0.25, 0.3) is 0 Å². The highest BCUT2D eigenvalue weighted by molar-refractivity contribution is 6.33. The lowest BCUT2D eigenvalue weighted by molar-refractivity contribution is -0.383. The first-order valence-corrected chi connectivity index (χ1v) is 6.10. The van der Waals surface area contributed by atoms with Crippen LogP contribution in [0.5, 0.6) is 0 Å². The van der Waals surface area contributed by atoms with E-state index in [2.05, 4.69) is 10.3 Å². The molecule has 6 nitrogen and oxygen atoms in total. The van der Waals surface area contributed by atoms with Gasteiger partial charge in [0.1, 0.15) is 16.5 Å². The fourth-order valence-electron chi connectivity index (χ4n) is 1.61. The number of rotatable bonds is 5. The van der Waals surface area contributed by atoms with Crippen LogP contribution in [-0.4, -0.2) is 9.91 Å². The molecule has 2 aromatic rings. The zero-order chi connectivity index (χ0) is 13.8. The molecule has 0 aliphatic heterocycles. The number of aromatic nitrogens is 1. The van der Waals surface area contributed by atoms with Gasteiger partial charge in [0.15, 0.2) is 0 Å². The van der Waals surface area contributed by atoms with Crippen LogP contribution in [0.2, 0.25) is 5.02 Å². The Morgan fingerprint density at radius 1 is 1.53 bits per heavy atom. The summed E-state index contributed by atoms with van der Waals surface area (Å²) >= 11 is 5.81. The standard InChI is InChI=1S/C12H12ClN3O3/c1-2-8-6-15-11(19-8)7-14-10-5-3-4-9(13)12(10)16(17)18/h3-6,14H,2,7H2,1H3. The summed E-state index contributed by atoms with van der Waals surface area (Å²) < 4.78 is 5.41. The number of nitrogens with zero attached hydrogens (tertiary/aromatic N) is 2. The maximum atomic E-state index is 10.9. The Labute approximate surface area is 114 Å². The van der Waals surface area contributed by atoms with Crippen LogP contribution in [0, 0.1) is 10.1 Å².